The first kappa shape index (κ1) is 14.9. The SMILES string of the molecule is C[NH+](Cc1ccccc1)Cc1cc(=O)n2cc(Br)ccc2n1. The predicted molar refractivity (Wildman–Crippen MR) is 89.9 cm³/mol. The van der Waals surface area contributed by atoms with Crippen molar-refractivity contribution < 1.29 is 4.90 Å². The molecule has 5 heteroatoms. The van der Waals surface area contributed by atoms with Crippen LogP contribution in [0.4, 0.5) is 0 Å². The molecule has 0 spiro atoms. The molecule has 1 aromatic carbocycles. The maximum atomic E-state index is 12.2. The summed E-state index contributed by atoms with van der Waals surface area (Å²) in [6.45, 7) is 1.62. The molecule has 1 atom stereocenters. The van der Waals surface area contributed by atoms with Gasteiger partial charge in [-0.1, -0.05) is 30.3 Å². The van der Waals surface area contributed by atoms with Gasteiger partial charge in [-0.3, -0.25) is 9.20 Å². The maximum absolute atomic E-state index is 12.2. The second kappa shape index (κ2) is 6.42. The topological polar surface area (TPSA) is 38.8 Å². The summed E-state index contributed by atoms with van der Waals surface area (Å²) in [4.78, 5) is 18.1. The number of quaternary nitrogens is 1. The van der Waals surface area contributed by atoms with E-state index in [1.807, 2.05) is 30.3 Å². The van der Waals surface area contributed by atoms with Gasteiger partial charge in [-0.2, -0.15) is 0 Å². The number of halogens is 1. The summed E-state index contributed by atoms with van der Waals surface area (Å²) < 4.78 is 2.42. The summed E-state index contributed by atoms with van der Waals surface area (Å²) in [6, 6.07) is 15.7. The Morgan fingerprint density at radius 2 is 1.91 bits per heavy atom. The predicted octanol–water partition coefficient (Wildman–Crippen LogP) is 1.67. The smallest absolute Gasteiger partial charge is 0.258 e. The number of fused-ring (bicyclic) bond motifs is 1. The minimum Gasteiger partial charge on any atom is -0.329 e. The molecule has 4 nitrogen and oxygen atoms in total. The highest BCUT2D eigenvalue weighted by Gasteiger charge is 2.09. The molecule has 0 fully saturated rings. The van der Waals surface area contributed by atoms with Gasteiger partial charge in [0.2, 0.25) is 0 Å². The molecule has 0 radical (unpaired) electrons. The molecular weight excluding hydrogens is 342 g/mol. The highest BCUT2D eigenvalue weighted by molar-refractivity contribution is 9.10. The van der Waals surface area contributed by atoms with Crippen LogP contribution in [0.5, 0.6) is 0 Å². The van der Waals surface area contributed by atoms with Crippen LogP contribution in [0.1, 0.15) is 11.3 Å². The van der Waals surface area contributed by atoms with Crippen LogP contribution in [0, 0.1) is 0 Å². The summed E-state index contributed by atoms with van der Waals surface area (Å²) in [5.74, 6) is 0. The van der Waals surface area contributed by atoms with Crippen LogP contribution in [0.3, 0.4) is 0 Å². The van der Waals surface area contributed by atoms with Crippen molar-refractivity contribution in [3.8, 4) is 0 Å². The van der Waals surface area contributed by atoms with Gasteiger partial charge in [0.05, 0.1) is 7.05 Å². The molecular formula is C17H17BrN3O+. The Hall–Kier alpha value is -1.98. The summed E-state index contributed by atoms with van der Waals surface area (Å²) in [6.07, 6.45) is 1.75. The lowest BCUT2D eigenvalue weighted by Crippen LogP contribution is -3.06. The van der Waals surface area contributed by atoms with Gasteiger partial charge in [0.25, 0.3) is 5.56 Å². The molecule has 2 aromatic heterocycles. The summed E-state index contributed by atoms with van der Waals surface area (Å²) in [7, 11) is 2.11. The van der Waals surface area contributed by atoms with Crippen molar-refractivity contribution in [1.29, 1.82) is 0 Å². The molecule has 0 amide bonds. The lowest BCUT2D eigenvalue weighted by atomic mass is 10.2. The average molecular weight is 359 g/mol. The molecule has 0 aliphatic heterocycles. The molecule has 22 heavy (non-hydrogen) atoms. The maximum Gasteiger partial charge on any atom is 0.258 e. The third kappa shape index (κ3) is 3.43. The fourth-order valence-electron chi connectivity index (χ4n) is 2.53. The Morgan fingerprint density at radius 3 is 2.68 bits per heavy atom. The van der Waals surface area contributed by atoms with Crippen LogP contribution < -0.4 is 10.5 Å². The Morgan fingerprint density at radius 1 is 1.14 bits per heavy atom. The zero-order valence-corrected chi connectivity index (χ0v) is 13.9. The third-order valence-corrected chi connectivity index (χ3v) is 3.98. The first-order chi connectivity index (χ1) is 10.6. The highest BCUT2D eigenvalue weighted by atomic mass is 79.9. The number of aromatic nitrogens is 2. The van der Waals surface area contributed by atoms with Crippen molar-refractivity contribution >= 4 is 21.6 Å². The second-order valence-corrected chi connectivity index (χ2v) is 6.37. The van der Waals surface area contributed by atoms with Crippen molar-refractivity contribution in [1.82, 2.24) is 9.38 Å². The molecule has 3 rings (SSSR count). The van der Waals surface area contributed by atoms with Crippen molar-refractivity contribution in [2.45, 2.75) is 13.1 Å². The van der Waals surface area contributed by atoms with E-state index in [-0.39, 0.29) is 5.56 Å². The third-order valence-electron chi connectivity index (χ3n) is 3.51. The molecule has 3 aromatic rings. The van der Waals surface area contributed by atoms with E-state index in [1.165, 1.54) is 10.5 Å². The van der Waals surface area contributed by atoms with E-state index in [2.05, 4.69) is 40.1 Å². The first-order valence-electron chi connectivity index (χ1n) is 7.15. The Balaban J connectivity index is 1.82. The lowest BCUT2D eigenvalue weighted by molar-refractivity contribution is -0.908. The molecule has 2 heterocycles. The van der Waals surface area contributed by atoms with Crippen LogP contribution in [0.15, 0.2) is 64.0 Å². The monoisotopic (exact) mass is 358 g/mol. The van der Waals surface area contributed by atoms with Gasteiger partial charge < -0.3 is 4.90 Å². The van der Waals surface area contributed by atoms with Gasteiger partial charge in [-0.25, -0.2) is 4.98 Å². The summed E-state index contributed by atoms with van der Waals surface area (Å²) in [5, 5.41) is 0. The second-order valence-electron chi connectivity index (χ2n) is 5.46. The fraction of sp³-hybridized carbons (Fsp3) is 0.176. The number of benzene rings is 1. The van der Waals surface area contributed by atoms with E-state index < -0.39 is 0 Å². The quantitative estimate of drug-likeness (QED) is 0.770. The highest BCUT2D eigenvalue weighted by Crippen LogP contribution is 2.09. The van der Waals surface area contributed by atoms with Crippen LogP contribution in [-0.4, -0.2) is 16.4 Å². The van der Waals surface area contributed by atoms with Gasteiger partial charge >= 0.3 is 0 Å². The van der Waals surface area contributed by atoms with Crippen LogP contribution in [0.2, 0.25) is 0 Å². The largest absolute Gasteiger partial charge is 0.329 e. The Labute approximate surface area is 137 Å². The van der Waals surface area contributed by atoms with Gasteiger partial charge in [0, 0.05) is 22.3 Å². The van der Waals surface area contributed by atoms with E-state index in [4.69, 9.17) is 0 Å². The number of hydrogen-bond acceptors (Lipinski definition) is 2. The molecule has 0 saturated heterocycles. The number of rotatable bonds is 4. The standard InChI is InChI=1S/C17H16BrN3O/c1-20(10-13-5-3-2-4-6-13)12-15-9-17(22)21-11-14(18)7-8-16(21)19-15/h2-9,11H,10,12H2,1H3/p+1. The van der Waals surface area contributed by atoms with Gasteiger partial charge in [0.15, 0.2) is 0 Å². The number of nitrogens with zero attached hydrogens (tertiary/aromatic N) is 2. The number of hydrogen-bond donors (Lipinski definition) is 1. The van der Waals surface area contributed by atoms with Crippen molar-refractivity contribution in [2.24, 2.45) is 0 Å². The molecule has 0 aliphatic rings. The van der Waals surface area contributed by atoms with Gasteiger partial charge in [-0.05, 0) is 28.1 Å². The van der Waals surface area contributed by atoms with Crippen molar-refractivity contribution in [3.05, 3.63) is 80.8 Å². The zero-order chi connectivity index (χ0) is 15.5. The summed E-state index contributed by atoms with van der Waals surface area (Å²) >= 11 is 3.37. The van der Waals surface area contributed by atoms with E-state index >= 15 is 0 Å². The minimum absolute atomic E-state index is 0.0474. The first-order valence-corrected chi connectivity index (χ1v) is 7.94. The van der Waals surface area contributed by atoms with E-state index in [0.29, 0.717) is 5.65 Å². The summed E-state index contributed by atoms with van der Waals surface area (Å²) in [5.41, 5.74) is 2.73. The zero-order valence-electron chi connectivity index (χ0n) is 12.3. The number of nitrogens with one attached hydrogen (secondary N) is 1. The van der Waals surface area contributed by atoms with E-state index in [9.17, 15) is 4.79 Å². The average Bonchev–Trinajstić information content (AvgIpc) is 2.49. The molecule has 0 saturated carbocycles. The molecule has 1 unspecified atom stereocenters. The van der Waals surface area contributed by atoms with Crippen LogP contribution in [0.25, 0.3) is 5.65 Å². The number of pyridine rings is 1. The Kier molecular flexibility index (Phi) is 4.36. The lowest BCUT2D eigenvalue weighted by Gasteiger charge is -2.14. The van der Waals surface area contributed by atoms with Crippen LogP contribution >= 0.6 is 15.9 Å². The van der Waals surface area contributed by atoms with Crippen LogP contribution in [-0.2, 0) is 13.1 Å². The molecule has 0 bridgehead atoms. The minimum atomic E-state index is -0.0474. The Bertz CT molecular complexity index is 845. The van der Waals surface area contributed by atoms with Gasteiger partial charge in [0.1, 0.15) is 24.4 Å². The fourth-order valence-corrected chi connectivity index (χ4v) is 2.87. The molecule has 1 N–H and O–H groups in total. The molecule has 0 aliphatic carbocycles. The van der Waals surface area contributed by atoms with Crippen molar-refractivity contribution in [2.75, 3.05) is 7.05 Å². The van der Waals surface area contributed by atoms with Crippen molar-refractivity contribution in [3.63, 3.8) is 0 Å². The van der Waals surface area contributed by atoms with E-state index in [0.717, 1.165) is 23.3 Å². The molecule has 112 valence electrons. The van der Waals surface area contributed by atoms with E-state index in [1.54, 1.807) is 16.7 Å². The van der Waals surface area contributed by atoms with Gasteiger partial charge in [-0.15, -0.1) is 0 Å². The normalized spacial score (nSPS) is 12.5.